The van der Waals surface area contributed by atoms with E-state index in [1.165, 1.54) is 0 Å². The van der Waals surface area contributed by atoms with Gasteiger partial charge >= 0.3 is 0 Å². The van der Waals surface area contributed by atoms with Gasteiger partial charge in [0.05, 0.1) is 12.0 Å². The zero-order valence-electron chi connectivity index (χ0n) is 9.08. The monoisotopic (exact) mass is 209 g/mol. The maximum Gasteiger partial charge on any atom is 0.227 e. The van der Waals surface area contributed by atoms with Crippen LogP contribution in [0.25, 0.3) is 0 Å². The average Bonchev–Trinajstić information content (AvgIpc) is 2.80. The zero-order chi connectivity index (χ0) is 10.5. The molecule has 2 atom stereocenters. The molecule has 0 spiro atoms. The van der Waals surface area contributed by atoms with Crippen molar-refractivity contribution in [1.82, 2.24) is 5.32 Å². The van der Waals surface area contributed by atoms with E-state index in [-0.39, 0.29) is 17.9 Å². The van der Waals surface area contributed by atoms with E-state index < -0.39 is 0 Å². The number of ether oxygens (including phenoxy) is 1. The van der Waals surface area contributed by atoms with E-state index in [1.807, 2.05) is 6.08 Å². The molecule has 1 N–H and O–H groups in total. The molecule has 1 amide bonds. The molecule has 0 saturated carbocycles. The number of hydrogen-bond acceptors (Lipinski definition) is 2. The van der Waals surface area contributed by atoms with Crippen LogP contribution in [-0.2, 0) is 9.53 Å². The van der Waals surface area contributed by atoms with Crippen LogP contribution in [0, 0.1) is 5.92 Å². The van der Waals surface area contributed by atoms with E-state index in [1.54, 1.807) is 0 Å². The SMILES string of the molecule is O=C(NC[C@H]1CCCO1)[C@H]1C=CCCC1. The van der Waals surface area contributed by atoms with Gasteiger partial charge in [-0.15, -0.1) is 0 Å². The molecule has 84 valence electrons. The molecular formula is C12H19NO2. The first-order chi connectivity index (χ1) is 7.36. The molecule has 0 aromatic carbocycles. The highest BCUT2D eigenvalue weighted by Crippen LogP contribution is 2.17. The summed E-state index contributed by atoms with van der Waals surface area (Å²) in [7, 11) is 0. The first-order valence-electron chi connectivity index (χ1n) is 5.92. The molecule has 1 heterocycles. The summed E-state index contributed by atoms with van der Waals surface area (Å²) < 4.78 is 5.46. The number of nitrogens with one attached hydrogen (secondary N) is 1. The highest BCUT2D eigenvalue weighted by Gasteiger charge is 2.20. The van der Waals surface area contributed by atoms with Gasteiger partial charge in [-0.2, -0.15) is 0 Å². The molecule has 3 heteroatoms. The summed E-state index contributed by atoms with van der Waals surface area (Å²) in [6.07, 6.45) is 9.86. The van der Waals surface area contributed by atoms with Gasteiger partial charge in [-0.25, -0.2) is 0 Å². The van der Waals surface area contributed by atoms with Crippen LogP contribution < -0.4 is 5.32 Å². The lowest BCUT2D eigenvalue weighted by atomic mass is 9.95. The van der Waals surface area contributed by atoms with Gasteiger partial charge < -0.3 is 10.1 Å². The van der Waals surface area contributed by atoms with Crippen LogP contribution in [0.1, 0.15) is 32.1 Å². The van der Waals surface area contributed by atoms with E-state index in [9.17, 15) is 4.79 Å². The Morgan fingerprint density at radius 3 is 3.00 bits per heavy atom. The summed E-state index contributed by atoms with van der Waals surface area (Å²) in [5, 5.41) is 2.98. The molecule has 0 aromatic heterocycles. The molecule has 1 aliphatic heterocycles. The van der Waals surface area contributed by atoms with Crippen molar-refractivity contribution < 1.29 is 9.53 Å². The number of amides is 1. The third kappa shape index (κ3) is 3.06. The van der Waals surface area contributed by atoms with Crippen LogP contribution >= 0.6 is 0 Å². The van der Waals surface area contributed by atoms with E-state index in [0.717, 1.165) is 38.7 Å². The Labute approximate surface area is 90.9 Å². The van der Waals surface area contributed by atoms with Gasteiger partial charge in [-0.3, -0.25) is 4.79 Å². The fourth-order valence-electron chi connectivity index (χ4n) is 2.18. The van der Waals surface area contributed by atoms with Crippen LogP contribution in [0.3, 0.4) is 0 Å². The number of allylic oxidation sites excluding steroid dienone is 1. The lowest BCUT2D eigenvalue weighted by Gasteiger charge is -2.17. The van der Waals surface area contributed by atoms with Crippen molar-refractivity contribution in [3.05, 3.63) is 12.2 Å². The number of rotatable bonds is 3. The summed E-state index contributed by atoms with van der Waals surface area (Å²) in [6.45, 7) is 1.53. The standard InChI is InChI=1S/C12H19NO2/c14-12(10-5-2-1-3-6-10)13-9-11-7-4-8-15-11/h2,5,10-11H,1,3-4,6-9H2,(H,13,14)/t10-,11+/m0/s1. The molecule has 1 fully saturated rings. The van der Waals surface area contributed by atoms with Crippen molar-refractivity contribution in [3.8, 4) is 0 Å². The van der Waals surface area contributed by atoms with Crippen molar-refractivity contribution in [2.45, 2.75) is 38.2 Å². The normalized spacial score (nSPS) is 30.4. The largest absolute Gasteiger partial charge is 0.376 e. The van der Waals surface area contributed by atoms with Crippen LogP contribution in [-0.4, -0.2) is 25.2 Å². The van der Waals surface area contributed by atoms with Crippen LogP contribution in [0.2, 0.25) is 0 Å². The molecule has 2 rings (SSSR count). The van der Waals surface area contributed by atoms with Gasteiger partial charge in [0.1, 0.15) is 0 Å². The summed E-state index contributed by atoms with van der Waals surface area (Å²) in [5.74, 6) is 0.265. The van der Waals surface area contributed by atoms with Gasteiger partial charge in [-0.05, 0) is 32.1 Å². The van der Waals surface area contributed by atoms with Crippen molar-refractivity contribution in [2.24, 2.45) is 5.92 Å². The summed E-state index contributed by atoms with van der Waals surface area (Å²) in [5.41, 5.74) is 0. The fraction of sp³-hybridized carbons (Fsp3) is 0.750. The molecule has 0 radical (unpaired) electrons. The van der Waals surface area contributed by atoms with Gasteiger partial charge in [0.25, 0.3) is 0 Å². The van der Waals surface area contributed by atoms with Gasteiger partial charge in [0, 0.05) is 13.2 Å². The van der Waals surface area contributed by atoms with Crippen molar-refractivity contribution in [3.63, 3.8) is 0 Å². The molecule has 0 aromatic rings. The Hall–Kier alpha value is -0.830. The summed E-state index contributed by atoms with van der Waals surface area (Å²) in [6, 6.07) is 0. The van der Waals surface area contributed by atoms with Crippen LogP contribution in [0.5, 0.6) is 0 Å². The third-order valence-electron chi connectivity index (χ3n) is 3.12. The van der Waals surface area contributed by atoms with E-state index in [2.05, 4.69) is 11.4 Å². The van der Waals surface area contributed by atoms with E-state index >= 15 is 0 Å². The predicted octanol–water partition coefficient (Wildman–Crippen LogP) is 1.64. The maximum atomic E-state index is 11.7. The number of hydrogen-bond donors (Lipinski definition) is 1. The molecule has 0 bridgehead atoms. The second-order valence-corrected chi connectivity index (χ2v) is 4.35. The van der Waals surface area contributed by atoms with Crippen molar-refractivity contribution in [2.75, 3.05) is 13.2 Å². The Morgan fingerprint density at radius 1 is 1.40 bits per heavy atom. The summed E-state index contributed by atoms with van der Waals surface area (Å²) in [4.78, 5) is 11.7. The Kier molecular flexibility index (Phi) is 3.78. The topological polar surface area (TPSA) is 38.3 Å². The second-order valence-electron chi connectivity index (χ2n) is 4.35. The number of carbonyl (C=O) groups excluding carboxylic acids is 1. The highest BCUT2D eigenvalue weighted by atomic mass is 16.5. The molecule has 0 unspecified atom stereocenters. The van der Waals surface area contributed by atoms with Gasteiger partial charge in [-0.1, -0.05) is 12.2 Å². The van der Waals surface area contributed by atoms with Gasteiger partial charge in [0.2, 0.25) is 5.91 Å². The molecule has 1 saturated heterocycles. The molecular weight excluding hydrogens is 190 g/mol. The fourth-order valence-corrected chi connectivity index (χ4v) is 2.18. The van der Waals surface area contributed by atoms with Crippen molar-refractivity contribution in [1.29, 1.82) is 0 Å². The van der Waals surface area contributed by atoms with E-state index in [4.69, 9.17) is 4.74 Å². The summed E-state index contributed by atoms with van der Waals surface area (Å²) >= 11 is 0. The maximum absolute atomic E-state index is 11.7. The zero-order valence-corrected chi connectivity index (χ0v) is 9.08. The third-order valence-corrected chi connectivity index (χ3v) is 3.12. The minimum Gasteiger partial charge on any atom is -0.376 e. The Morgan fingerprint density at radius 2 is 2.33 bits per heavy atom. The lowest BCUT2D eigenvalue weighted by molar-refractivity contribution is -0.124. The molecule has 3 nitrogen and oxygen atoms in total. The van der Waals surface area contributed by atoms with Crippen LogP contribution in [0.15, 0.2) is 12.2 Å². The lowest BCUT2D eigenvalue weighted by Crippen LogP contribution is -2.36. The average molecular weight is 209 g/mol. The smallest absolute Gasteiger partial charge is 0.227 e. The second kappa shape index (κ2) is 5.31. The Balaban J connectivity index is 1.71. The van der Waals surface area contributed by atoms with E-state index in [0.29, 0.717) is 6.54 Å². The number of carbonyl (C=O) groups is 1. The minimum atomic E-state index is 0.0974. The predicted molar refractivity (Wildman–Crippen MR) is 58.5 cm³/mol. The van der Waals surface area contributed by atoms with Crippen LogP contribution in [0.4, 0.5) is 0 Å². The highest BCUT2D eigenvalue weighted by molar-refractivity contribution is 5.80. The molecule has 1 aliphatic carbocycles. The Bertz CT molecular complexity index is 244. The van der Waals surface area contributed by atoms with Crippen molar-refractivity contribution >= 4 is 5.91 Å². The first kappa shape index (κ1) is 10.7. The van der Waals surface area contributed by atoms with Gasteiger partial charge in [0.15, 0.2) is 0 Å². The minimum absolute atomic E-state index is 0.0974. The molecule has 2 aliphatic rings. The molecule has 15 heavy (non-hydrogen) atoms. The first-order valence-corrected chi connectivity index (χ1v) is 5.92. The quantitative estimate of drug-likeness (QED) is 0.718.